The number of ether oxygens (including phenoxy) is 1. The Labute approximate surface area is 165 Å². The average molecular weight is 397 g/mol. The van der Waals surface area contributed by atoms with Gasteiger partial charge in [-0.15, -0.1) is 0 Å². The molecule has 1 aromatic heterocycles. The molecule has 3 aromatic rings. The molecule has 0 radical (unpaired) electrons. The Bertz CT molecular complexity index is 1130. The van der Waals surface area contributed by atoms with Gasteiger partial charge in [0.2, 0.25) is 5.91 Å². The van der Waals surface area contributed by atoms with E-state index in [-0.39, 0.29) is 36.2 Å². The summed E-state index contributed by atoms with van der Waals surface area (Å²) in [7, 11) is 0. The number of nitro benzene ring substituents is 1. The highest BCUT2D eigenvalue weighted by atomic mass is 16.6. The molecule has 2 heterocycles. The molecule has 0 bridgehead atoms. The van der Waals surface area contributed by atoms with Crippen LogP contribution in [0.4, 0.5) is 5.69 Å². The van der Waals surface area contributed by atoms with Crippen molar-refractivity contribution >= 4 is 22.7 Å². The van der Waals surface area contributed by atoms with Gasteiger partial charge in [0.1, 0.15) is 5.75 Å². The molecular formula is C20H19N3O6. The molecule has 9 nitrogen and oxygen atoms in total. The number of aromatic nitrogens is 1. The summed E-state index contributed by atoms with van der Waals surface area (Å²) in [6.07, 6.45) is 1.38. The molecule has 2 aromatic carbocycles. The van der Waals surface area contributed by atoms with Gasteiger partial charge in [0.05, 0.1) is 29.2 Å². The van der Waals surface area contributed by atoms with Gasteiger partial charge in [0.15, 0.2) is 5.58 Å². The lowest BCUT2D eigenvalue weighted by Crippen LogP contribution is -2.32. The molecule has 1 aliphatic rings. The number of amides is 1. The number of carbonyl (C=O) groups excluding carboxylic acids is 1. The van der Waals surface area contributed by atoms with Crippen LogP contribution in [0.15, 0.2) is 51.7 Å². The van der Waals surface area contributed by atoms with Crippen LogP contribution < -0.4 is 15.8 Å². The van der Waals surface area contributed by atoms with Crippen molar-refractivity contribution in [3.63, 3.8) is 0 Å². The zero-order chi connectivity index (χ0) is 20.4. The van der Waals surface area contributed by atoms with E-state index in [9.17, 15) is 19.7 Å². The number of aryl methyl sites for hydroxylation is 1. The summed E-state index contributed by atoms with van der Waals surface area (Å²) in [5.74, 6) is 0.0806. The van der Waals surface area contributed by atoms with Crippen LogP contribution in [0.25, 0.3) is 11.1 Å². The van der Waals surface area contributed by atoms with Crippen LogP contribution in [0.2, 0.25) is 0 Å². The number of fused-ring (bicyclic) bond motifs is 2. The maximum absolute atomic E-state index is 12.4. The van der Waals surface area contributed by atoms with Crippen LogP contribution in [-0.4, -0.2) is 22.0 Å². The number of nitrogens with zero attached hydrogens (tertiary/aromatic N) is 2. The number of non-ortho nitro benzene ring substituents is 1. The molecule has 1 atom stereocenters. The third kappa shape index (κ3) is 3.84. The molecule has 1 amide bonds. The lowest BCUT2D eigenvalue weighted by molar-refractivity contribution is -0.384. The first-order valence-corrected chi connectivity index (χ1v) is 9.32. The second-order valence-electron chi connectivity index (χ2n) is 6.83. The van der Waals surface area contributed by atoms with Crippen molar-refractivity contribution in [3.05, 3.63) is 68.7 Å². The summed E-state index contributed by atoms with van der Waals surface area (Å²) >= 11 is 0. The molecule has 0 fully saturated rings. The lowest BCUT2D eigenvalue weighted by atomic mass is 10.0. The number of hydrogen-bond acceptors (Lipinski definition) is 6. The number of rotatable bonds is 6. The van der Waals surface area contributed by atoms with Crippen LogP contribution in [-0.2, 0) is 11.3 Å². The monoisotopic (exact) mass is 397 g/mol. The van der Waals surface area contributed by atoms with E-state index in [4.69, 9.17) is 9.15 Å². The molecule has 0 aliphatic carbocycles. The van der Waals surface area contributed by atoms with E-state index in [1.165, 1.54) is 22.8 Å². The fourth-order valence-electron chi connectivity index (χ4n) is 3.54. The molecular weight excluding hydrogens is 378 g/mol. The highest BCUT2D eigenvalue weighted by molar-refractivity contribution is 5.77. The highest BCUT2D eigenvalue weighted by Crippen LogP contribution is 2.31. The molecule has 4 rings (SSSR count). The first-order chi connectivity index (χ1) is 14.0. The molecule has 1 N–H and O–H groups in total. The minimum Gasteiger partial charge on any atom is -0.493 e. The fourth-order valence-corrected chi connectivity index (χ4v) is 3.54. The minimum atomic E-state index is -0.598. The summed E-state index contributed by atoms with van der Waals surface area (Å²) < 4.78 is 12.1. The first kappa shape index (κ1) is 18.7. The molecule has 29 heavy (non-hydrogen) atoms. The van der Waals surface area contributed by atoms with Crippen molar-refractivity contribution in [2.24, 2.45) is 0 Å². The maximum Gasteiger partial charge on any atom is 0.419 e. The van der Waals surface area contributed by atoms with E-state index < -0.39 is 10.7 Å². The van der Waals surface area contributed by atoms with Crippen molar-refractivity contribution in [3.8, 4) is 5.75 Å². The van der Waals surface area contributed by atoms with E-state index in [1.807, 2.05) is 24.3 Å². The van der Waals surface area contributed by atoms with Crippen molar-refractivity contribution in [1.29, 1.82) is 0 Å². The normalized spacial score (nSPS) is 15.5. The van der Waals surface area contributed by atoms with Gasteiger partial charge >= 0.3 is 5.76 Å². The topological polar surface area (TPSA) is 117 Å². The zero-order valence-corrected chi connectivity index (χ0v) is 15.5. The van der Waals surface area contributed by atoms with Crippen LogP contribution in [0.5, 0.6) is 5.75 Å². The summed E-state index contributed by atoms with van der Waals surface area (Å²) in [4.78, 5) is 34.7. The molecule has 1 aliphatic heterocycles. The van der Waals surface area contributed by atoms with Crippen LogP contribution >= 0.6 is 0 Å². The number of hydrogen-bond donors (Lipinski definition) is 1. The van der Waals surface area contributed by atoms with E-state index in [0.717, 1.165) is 11.3 Å². The van der Waals surface area contributed by atoms with Gasteiger partial charge in [-0.05, 0) is 18.6 Å². The summed E-state index contributed by atoms with van der Waals surface area (Å²) in [6, 6.07) is 11.6. The van der Waals surface area contributed by atoms with Crippen molar-refractivity contribution < 1.29 is 18.9 Å². The van der Waals surface area contributed by atoms with Gasteiger partial charge in [0, 0.05) is 31.0 Å². The maximum atomic E-state index is 12.4. The van der Waals surface area contributed by atoms with Gasteiger partial charge in [0.25, 0.3) is 5.69 Å². The SMILES string of the molecule is O=C(CCCn1c(=O)oc2cc([N+](=O)[O-])ccc21)N[C@H]1CCOc2ccccc21. The van der Waals surface area contributed by atoms with E-state index in [0.29, 0.717) is 25.0 Å². The third-order valence-corrected chi connectivity index (χ3v) is 4.94. The molecule has 0 saturated carbocycles. The Morgan fingerprint density at radius 2 is 2.10 bits per heavy atom. The number of carbonyl (C=O) groups is 1. The van der Waals surface area contributed by atoms with Gasteiger partial charge in [-0.25, -0.2) is 4.79 Å². The highest BCUT2D eigenvalue weighted by Gasteiger charge is 2.22. The average Bonchev–Trinajstić information content (AvgIpc) is 3.03. The minimum absolute atomic E-state index is 0.0922. The van der Waals surface area contributed by atoms with Crippen molar-refractivity contribution in [2.75, 3.05) is 6.61 Å². The quantitative estimate of drug-likeness (QED) is 0.505. The standard InChI is InChI=1S/C20H19N3O6/c24-19(21-15-9-11-28-17-5-2-1-4-14(15)17)6-3-10-22-16-8-7-13(23(26)27)12-18(16)29-20(22)25/h1-2,4-5,7-8,12,15H,3,6,9-11H2,(H,21,24)/t15-/m0/s1. The van der Waals surface area contributed by atoms with Crippen LogP contribution in [0.3, 0.4) is 0 Å². The smallest absolute Gasteiger partial charge is 0.419 e. The second-order valence-corrected chi connectivity index (χ2v) is 6.83. The number of nitrogens with one attached hydrogen (secondary N) is 1. The Hall–Kier alpha value is -3.62. The number of para-hydroxylation sites is 1. The largest absolute Gasteiger partial charge is 0.493 e. The van der Waals surface area contributed by atoms with Crippen LogP contribution in [0.1, 0.15) is 30.9 Å². The molecule has 9 heteroatoms. The molecule has 150 valence electrons. The van der Waals surface area contributed by atoms with Gasteiger partial charge < -0.3 is 14.5 Å². The zero-order valence-electron chi connectivity index (χ0n) is 15.5. The fraction of sp³-hybridized carbons (Fsp3) is 0.300. The predicted molar refractivity (Wildman–Crippen MR) is 104 cm³/mol. The van der Waals surface area contributed by atoms with Crippen LogP contribution in [0, 0.1) is 10.1 Å². The number of benzene rings is 2. The van der Waals surface area contributed by atoms with Gasteiger partial charge in [-0.1, -0.05) is 18.2 Å². The number of nitro groups is 1. The second kappa shape index (κ2) is 7.78. The molecule has 0 saturated heterocycles. The molecule has 0 unspecified atom stereocenters. The predicted octanol–water partition coefficient (Wildman–Crippen LogP) is 2.92. The Balaban J connectivity index is 1.38. The van der Waals surface area contributed by atoms with Crippen molar-refractivity contribution in [1.82, 2.24) is 9.88 Å². The Morgan fingerprint density at radius 1 is 1.28 bits per heavy atom. The first-order valence-electron chi connectivity index (χ1n) is 9.32. The van der Waals surface area contributed by atoms with Crippen molar-refractivity contribution in [2.45, 2.75) is 31.8 Å². The van der Waals surface area contributed by atoms with Gasteiger partial charge in [-0.2, -0.15) is 0 Å². The Kier molecular flexibility index (Phi) is 5.03. The van der Waals surface area contributed by atoms with E-state index >= 15 is 0 Å². The number of oxazole rings is 1. The van der Waals surface area contributed by atoms with Gasteiger partial charge in [-0.3, -0.25) is 19.5 Å². The summed E-state index contributed by atoms with van der Waals surface area (Å²) in [5, 5.41) is 13.9. The third-order valence-electron chi connectivity index (χ3n) is 4.94. The summed E-state index contributed by atoms with van der Waals surface area (Å²) in [6.45, 7) is 0.825. The lowest BCUT2D eigenvalue weighted by Gasteiger charge is -2.26. The van der Waals surface area contributed by atoms with E-state index in [1.54, 1.807) is 0 Å². The molecule has 0 spiro atoms. The summed E-state index contributed by atoms with van der Waals surface area (Å²) in [5.41, 5.74) is 1.45. The Morgan fingerprint density at radius 3 is 2.93 bits per heavy atom. The van der Waals surface area contributed by atoms with E-state index in [2.05, 4.69) is 5.32 Å².